The maximum absolute atomic E-state index is 5.94. The number of nitrogens with two attached hydrogens (primary N) is 1. The van der Waals surface area contributed by atoms with Crippen molar-refractivity contribution in [3.05, 3.63) is 65.3 Å². The van der Waals surface area contributed by atoms with Crippen LogP contribution >= 0.6 is 11.6 Å². The van der Waals surface area contributed by atoms with Crippen LogP contribution in [0.1, 0.15) is 5.56 Å². The summed E-state index contributed by atoms with van der Waals surface area (Å²) >= 11 is 5.86. The van der Waals surface area contributed by atoms with E-state index in [1.807, 2.05) is 48.5 Å². The van der Waals surface area contributed by atoms with Crippen molar-refractivity contribution < 1.29 is 4.74 Å². The molecule has 3 aromatic rings. The van der Waals surface area contributed by atoms with Crippen molar-refractivity contribution in [2.75, 3.05) is 5.73 Å². The molecule has 2 N–H and O–H groups in total. The molecule has 4 heteroatoms. The summed E-state index contributed by atoms with van der Waals surface area (Å²) in [6.45, 7) is 0.465. The van der Waals surface area contributed by atoms with E-state index in [1.165, 1.54) is 0 Å². The quantitative estimate of drug-likeness (QED) is 0.738. The van der Waals surface area contributed by atoms with E-state index in [0.717, 1.165) is 22.2 Å². The summed E-state index contributed by atoms with van der Waals surface area (Å²) < 4.78 is 5.84. The van der Waals surface area contributed by atoms with Crippen LogP contribution < -0.4 is 10.5 Å². The van der Waals surface area contributed by atoms with Gasteiger partial charge in [0.25, 0.3) is 0 Å². The molecule has 0 atom stereocenters. The minimum absolute atomic E-state index is 0.465. The number of pyridine rings is 1. The predicted molar refractivity (Wildman–Crippen MR) is 81.9 cm³/mol. The standard InChI is InChI=1S/C16H13ClN2O/c17-12-5-3-11(4-6-12)10-20-15-8-7-14(18)13-2-1-9-19-16(13)15/h1-9H,10,18H2. The number of hydrogen-bond acceptors (Lipinski definition) is 3. The Balaban J connectivity index is 1.88. The summed E-state index contributed by atoms with van der Waals surface area (Å²) in [5, 5.41) is 1.62. The molecule has 2 aromatic carbocycles. The fourth-order valence-electron chi connectivity index (χ4n) is 2.03. The maximum Gasteiger partial charge on any atom is 0.146 e. The first-order valence-corrected chi connectivity index (χ1v) is 6.62. The SMILES string of the molecule is Nc1ccc(OCc2ccc(Cl)cc2)c2ncccc12. The molecule has 0 spiro atoms. The highest BCUT2D eigenvalue weighted by molar-refractivity contribution is 6.30. The number of nitrogens with zero attached hydrogens (tertiary/aromatic N) is 1. The third kappa shape index (κ3) is 2.53. The summed E-state index contributed by atoms with van der Waals surface area (Å²) in [5.41, 5.74) is 8.47. The molecular formula is C16H13ClN2O. The molecule has 0 bridgehead atoms. The van der Waals surface area contributed by atoms with Gasteiger partial charge in [0.2, 0.25) is 0 Å². The van der Waals surface area contributed by atoms with E-state index in [9.17, 15) is 0 Å². The number of fused-ring (bicyclic) bond motifs is 1. The van der Waals surface area contributed by atoms with Gasteiger partial charge in [0, 0.05) is 22.3 Å². The molecule has 0 aliphatic heterocycles. The topological polar surface area (TPSA) is 48.1 Å². The van der Waals surface area contributed by atoms with Gasteiger partial charge in [0.15, 0.2) is 0 Å². The van der Waals surface area contributed by atoms with Gasteiger partial charge in [-0.3, -0.25) is 4.98 Å². The van der Waals surface area contributed by atoms with Gasteiger partial charge in [0.1, 0.15) is 17.9 Å². The lowest BCUT2D eigenvalue weighted by Crippen LogP contribution is -1.98. The van der Waals surface area contributed by atoms with E-state index in [-0.39, 0.29) is 0 Å². The molecular weight excluding hydrogens is 272 g/mol. The van der Waals surface area contributed by atoms with Crippen LogP contribution in [0.4, 0.5) is 5.69 Å². The van der Waals surface area contributed by atoms with Crippen LogP contribution in [0.5, 0.6) is 5.75 Å². The van der Waals surface area contributed by atoms with Crippen LogP contribution in [-0.4, -0.2) is 4.98 Å². The van der Waals surface area contributed by atoms with Gasteiger partial charge in [-0.15, -0.1) is 0 Å². The van der Waals surface area contributed by atoms with Crippen molar-refractivity contribution in [2.24, 2.45) is 0 Å². The lowest BCUT2D eigenvalue weighted by Gasteiger charge is -2.10. The molecule has 0 amide bonds. The highest BCUT2D eigenvalue weighted by atomic mass is 35.5. The van der Waals surface area contributed by atoms with E-state index in [0.29, 0.717) is 17.3 Å². The van der Waals surface area contributed by atoms with Crippen molar-refractivity contribution in [3.63, 3.8) is 0 Å². The zero-order chi connectivity index (χ0) is 13.9. The van der Waals surface area contributed by atoms with Gasteiger partial charge in [0.05, 0.1) is 0 Å². The normalized spacial score (nSPS) is 10.7. The van der Waals surface area contributed by atoms with Crippen molar-refractivity contribution in [1.29, 1.82) is 0 Å². The Morgan fingerprint density at radius 1 is 1.05 bits per heavy atom. The number of hydrogen-bond donors (Lipinski definition) is 1. The molecule has 20 heavy (non-hydrogen) atoms. The monoisotopic (exact) mass is 284 g/mol. The fourth-order valence-corrected chi connectivity index (χ4v) is 2.15. The second-order valence-electron chi connectivity index (χ2n) is 4.47. The summed E-state index contributed by atoms with van der Waals surface area (Å²) in [6, 6.07) is 15.1. The third-order valence-electron chi connectivity index (χ3n) is 3.07. The van der Waals surface area contributed by atoms with Crippen LogP contribution in [-0.2, 0) is 6.61 Å². The van der Waals surface area contributed by atoms with Crippen LogP contribution in [0.15, 0.2) is 54.7 Å². The third-order valence-corrected chi connectivity index (χ3v) is 3.33. The Hall–Kier alpha value is -2.26. The Morgan fingerprint density at radius 2 is 1.85 bits per heavy atom. The molecule has 0 saturated heterocycles. The molecule has 0 aliphatic carbocycles. The fraction of sp³-hybridized carbons (Fsp3) is 0.0625. The molecule has 0 aliphatic rings. The largest absolute Gasteiger partial charge is 0.487 e. The highest BCUT2D eigenvalue weighted by Gasteiger charge is 2.06. The van der Waals surface area contributed by atoms with E-state index in [4.69, 9.17) is 22.1 Å². The first-order chi connectivity index (χ1) is 9.74. The lowest BCUT2D eigenvalue weighted by atomic mass is 10.1. The average Bonchev–Trinajstić information content (AvgIpc) is 2.49. The molecule has 1 aromatic heterocycles. The molecule has 0 fully saturated rings. The zero-order valence-electron chi connectivity index (χ0n) is 10.7. The molecule has 100 valence electrons. The summed E-state index contributed by atoms with van der Waals surface area (Å²) in [7, 11) is 0. The van der Waals surface area contributed by atoms with E-state index >= 15 is 0 Å². The molecule has 0 radical (unpaired) electrons. The second-order valence-corrected chi connectivity index (χ2v) is 4.90. The second kappa shape index (κ2) is 5.39. The first-order valence-electron chi connectivity index (χ1n) is 6.24. The summed E-state index contributed by atoms with van der Waals surface area (Å²) in [6.07, 6.45) is 1.73. The molecule has 3 rings (SSSR count). The van der Waals surface area contributed by atoms with Crippen LogP contribution in [0.2, 0.25) is 5.02 Å². The van der Waals surface area contributed by atoms with Crippen LogP contribution in [0, 0.1) is 0 Å². The van der Waals surface area contributed by atoms with Gasteiger partial charge in [-0.1, -0.05) is 23.7 Å². The van der Waals surface area contributed by atoms with Crippen molar-refractivity contribution in [1.82, 2.24) is 4.98 Å². The molecule has 1 heterocycles. The smallest absolute Gasteiger partial charge is 0.146 e. The number of rotatable bonds is 3. The lowest BCUT2D eigenvalue weighted by molar-refractivity contribution is 0.309. The van der Waals surface area contributed by atoms with E-state index in [2.05, 4.69) is 4.98 Å². The minimum Gasteiger partial charge on any atom is -0.487 e. The number of anilines is 1. The molecule has 0 unspecified atom stereocenters. The Labute approximate surface area is 122 Å². The number of ether oxygens (including phenoxy) is 1. The van der Waals surface area contributed by atoms with Gasteiger partial charge in [-0.05, 0) is 42.0 Å². The number of aromatic nitrogens is 1. The van der Waals surface area contributed by atoms with Gasteiger partial charge >= 0.3 is 0 Å². The number of benzene rings is 2. The number of nitrogen functional groups attached to an aromatic ring is 1. The van der Waals surface area contributed by atoms with E-state index < -0.39 is 0 Å². The minimum atomic E-state index is 0.465. The van der Waals surface area contributed by atoms with Crippen molar-refractivity contribution >= 4 is 28.2 Å². The van der Waals surface area contributed by atoms with Crippen LogP contribution in [0.25, 0.3) is 10.9 Å². The van der Waals surface area contributed by atoms with Crippen molar-refractivity contribution in [2.45, 2.75) is 6.61 Å². The van der Waals surface area contributed by atoms with Crippen LogP contribution in [0.3, 0.4) is 0 Å². The van der Waals surface area contributed by atoms with Gasteiger partial charge < -0.3 is 10.5 Å². The maximum atomic E-state index is 5.94. The highest BCUT2D eigenvalue weighted by Crippen LogP contribution is 2.28. The Bertz CT molecular complexity index is 741. The summed E-state index contributed by atoms with van der Waals surface area (Å²) in [5.74, 6) is 0.727. The van der Waals surface area contributed by atoms with Gasteiger partial charge in [-0.25, -0.2) is 0 Å². The average molecular weight is 285 g/mol. The predicted octanol–water partition coefficient (Wildman–Crippen LogP) is 4.05. The Morgan fingerprint density at radius 3 is 2.65 bits per heavy atom. The van der Waals surface area contributed by atoms with Crippen molar-refractivity contribution in [3.8, 4) is 5.75 Å². The molecule has 3 nitrogen and oxygen atoms in total. The van der Waals surface area contributed by atoms with E-state index in [1.54, 1.807) is 6.20 Å². The number of halogens is 1. The molecule has 0 saturated carbocycles. The summed E-state index contributed by atoms with van der Waals surface area (Å²) in [4.78, 5) is 4.34. The zero-order valence-corrected chi connectivity index (χ0v) is 11.5. The first kappa shape index (κ1) is 12.8. The Kier molecular flexibility index (Phi) is 3.44. The van der Waals surface area contributed by atoms with Gasteiger partial charge in [-0.2, -0.15) is 0 Å².